The normalized spacial score (nSPS) is 15.5. The van der Waals surface area contributed by atoms with Gasteiger partial charge in [-0.3, -0.25) is 14.4 Å². The molecule has 0 spiro atoms. The van der Waals surface area contributed by atoms with Crippen molar-refractivity contribution >= 4 is 11.5 Å². The number of carbonyl (C=O) groups is 1. The Bertz CT molecular complexity index is 707. The molecule has 3 rings (SSSR count). The number of benzene rings is 1. The van der Waals surface area contributed by atoms with Crippen molar-refractivity contribution in [2.24, 2.45) is 0 Å². The van der Waals surface area contributed by atoms with Crippen LogP contribution in [0, 0.1) is 0 Å². The maximum atomic E-state index is 12.3. The quantitative estimate of drug-likeness (QED) is 0.595. The zero-order chi connectivity index (χ0) is 14.1. The molecule has 1 saturated heterocycles. The highest BCUT2D eigenvalue weighted by molar-refractivity contribution is 6.13. The van der Waals surface area contributed by atoms with E-state index in [1.807, 2.05) is 0 Å². The van der Waals surface area contributed by atoms with E-state index in [1.54, 1.807) is 35.2 Å². The molecule has 0 amide bonds. The molecule has 1 heterocycles. The van der Waals surface area contributed by atoms with Crippen LogP contribution in [0.15, 0.2) is 39.9 Å². The van der Waals surface area contributed by atoms with Crippen molar-refractivity contribution in [2.75, 3.05) is 31.2 Å². The predicted octanol–water partition coefficient (Wildman–Crippen LogP) is 0.350. The Morgan fingerprint density at radius 2 is 1.65 bits per heavy atom. The molecule has 1 aliphatic rings. The molecule has 0 N–H and O–H groups in total. The first-order chi connectivity index (χ1) is 9.70. The fourth-order valence-corrected chi connectivity index (χ4v) is 2.41. The molecule has 0 bridgehead atoms. The van der Waals surface area contributed by atoms with E-state index in [1.165, 1.54) is 0 Å². The van der Waals surface area contributed by atoms with Crippen LogP contribution in [0.1, 0.15) is 15.9 Å². The highest BCUT2D eigenvalue weighted by Gasteiger charge is 2.31. The van der Waals surface area contributed by atoms with E-state index in [0.717, 1.165) is 0 Å². The topological polar surface area (TPSA) is 63.7 Å². The first-order valence-corrected chi connectivity index (χ1v) is 6.46. The lowest BCUT2D eigenvalue weighted by atomic mass is 9.96. The number of ether oxygens (including phenoxy) is 1. The van der Waals surface area contributed by atoms with Gasteiger partial charge in [0.05, 0.1) is 13.2 Å². The number of ketones is 1. The van der Waals surface area contributed by atoms with E-state index < -0.39 is 10.9 Å². The van der Waals surface area contributed by atoms with Gasteiger partial charge < -0.3 is 9.64 Å². The van der Waals surface area contributed by atoms with E-state index >= 15 is 0 Å². The maximum Gasteiger partial charge on any atom is 0.250 e. The molecule has 20 heavy (non-hydrogen) atoms. The summed E-state index contributed by atoms with van der Waals surface area (Å²) in [7, 11) is 0. The Balaban J connectivity index is 1.99. The predicted molar refractivity (Wildman–Crippen MR) is 74.3 cm³/mol. The summed E-state index contributed by atoms with van der Waals surface area (Å²) in [6.07, 6.45) is 0. The van der Waals surface area contributed by atoms with Crippen LogP contribution >= 0.6 is 0 Å². The van der Waals surface area contributed by atoms with Gasteiger partial charge in [0, 0.05) is 18.7 Å². The van der Waals surface area contributed by atoms with Crippen LogP contribution in [0.5, 0.6) is 0 Å². The Morgan fingerprint density at radius 3 is 2.30 bits per heavy atom. The van der Waals surface area contributed by atoms with Crippen molar-refractivity contribution in [3.63, 3.8) is 0 Å². The van der Waals surface area contributed by atoms with Crippen molar-refractivity contribution in [3.8, 4) is 0 Å². The van der Waals surface area contributed by atoms with Gasteiger partial charge in [-0.1, -0.05) is 30.3 Å². The number of nitrogens with zero attached hydrogens (tertiary/aromatic N) is 1. The van der Waals surface area contributed by atoms with Crippen molar-refractivity contribution in [1.29, 1.82) is 0 Å². The average molecular weight is 271 g/mol. The Morgan fingerprint density at radius 1 is 1.00 bits per heavy atom. The lowest BCUT2D eigenvalue weighted by Crippen LogP contribution is -2.49. The summed E-state index contributed by atoms with van der Waals surface area (Å²) in [5.74, 6) is -0.378. The smallest absolute Gasteiger partial charge is 0.250 e. The SMILES string of the molecule is O=C(c1ccccc1)c1c(N2CCOCC2)c(=O)c1=O. The lowest BCUT2D eigenvalue weighted by Gasteiger charge is -2.30. The number of hydrogen-bond donors (Lipinski definition) is 0. The standard InChI is InChI=1S/C15H13NO4/c17-13(10-4-2-1-3-5-10)11-12(15(19)14(11)18)16-6-8-20-9-7-16/h1-5H,6-9H2. The number of hydrogen-bond acceptors (Lipinski definition) is 5. The van der Waals surface area contributed by atoms with Crippen LogP contribution < -0.4 is 15.8 Å². The second-order valence-electron chi connectivity index (χ2n) is 4.68. The van der Waals surface area contributed by atoms with Gasteiger partial charge in [-0.15, -0.1) is 0 Å². The van der Waals surface area contributed by atoms with Gasteiger partial charge in [0.2, 0.25) is 5.43 Å². The van der Waals surface area contributed by atoms with Gasteiger partial charge in [-0.25, -0.2) is 0 Å². The third-order valence-electron chi connectivity index (χ3n) is 3.48. The molecule has 5 nitrogen and oxygen atoms in total. The minimum atomic E-state index is -0.680. The third kappa shape index (κ3) is 1.96. The minimum Gasteiger partial charge on any atom is -0.378 e. The molecule has 2 aromatic rings. The molecule has 1 fully saturated rings. The van der Waals surface area contributed by atoms with Gasteiger partial charge in [-0.2, -0.15) is 0 Å². The second-order valence-corrected chi connectivity index (χ2v) is 4.68. The van der Waals surface area contributed by atoms with Crippen LogP contribution in [0.25, 0.3) is 0 Å². The number of carbonyl (C=O) groups excluding carboxylic acids is 1. The third-order valence-corrected chi connectivity index (χ3v) is 3.48. The Labute approximate surface area is 115 Å². The zero-order valence-corrected chi connectivity index (χ0v) is 10.8. The lowest BCUT2D eigenvalue weighted by molar-refractivity contribution is 0.103. The van der Waals surface area contributed by atoms with Crippen LogP contribution in [0.4, 0.5) is 5.69 Å². The van der Waals surface area contributed by atoms with Crippen molar-refractivity contribution in [1.82, 2.24) is 0 Å². The number of rotatable bonds is 3. The van der Waals surface area contributed by atoms with E-state index in [0.29, 0.717) is 31.9 Å². The summed E-state index contributed by atoms with van der Waals surface area (Å²) >= 11 is 0. The molecule has 0 saturated carbocycles. The molecule has 0 aromatic heterocycles. The molecule has 0 unspecified atom stereocenters. The fourth-order valence-electron chi connectivity index (χ4n) is 2.41. The monoisotopic (exact) mass is 271 g/mol. The molecule has 0 aliphatic carbocycles. The first-order valence-electron chi connectivity index (χ1n) is 6.46. The number of anilines is 1. The van der Waals surface area contributed by atoms with E-state index in [-0.39, 0.29) is 17.0 Å². The van der Waals surface area contributed by atoms with Gasteiger partial charge in [-0.05, 0) is 0 Å². The molecule has 0 atom stereocenters. The molecule has 1 aliphatic heterocycles. The molecule has 102 valence electrons. The average Bonchev–Trinajstić information content (AvgIpc) is 2.52. The van der Waals surface area contributed by atoms with Crippen LogP contribution in [0.2, 0.25) is 0 Å². The van der Waals surface area contributed by atoms with Crippen molar-refractivity contribution < 1.29 is 9.53 Å². The summed E-state index contributed by atoms with van der Waals surface area (Å²) in [5.41, 5.74) is -0.545. The van der Waals surface area contributed by atoms with E-state index in [2.05, 4.69) is 0 Å². The van der Waals surface area contributed by atoms with E-state index in [9.17, 15) is 14.4 Å². The summed E-state index contributed by atoms with van der Waals surface area (Å²) < 4.78 is 5.22. The largest absolute Gasteiger partial charge is 0.378 e. The first kappa shape index (κ1) is 12.7. The molecule has 0 radical (unpaired) electrons. The van der Waals surface area contributed by atoms with Crippen molar-refractivity contribution in [2.45, 2.75) is 0 Å². The summed E-state index contributed by atoms with van der Waals surface area (Å²) in [6, 6.07) is 8.53. The number of morpholine rings is 1. The van der Waals surface area contributed by atoms with E-state index in [4.69, 9.17) is 4.74 Å². The zero-order valence-electron chi connectivity index (χ0n) is 10.8. The molecular formula is C15H13NO4. The van der Waals surface area contributed by atoms with Crippen LogP contribution in [-0.2, 0) is 4.74 Å². The Kier molecular flexibility index (Phi) is 3.20. The van der Waals surface area contributed by atoms with Gasteiger partial charge >= 0.3 is 0 Å². The molecule has 2 aromatic carbocycles. The van der Waals surface area contributed by atoms with Gasteiger partial charge in [0.1, 0.15) is 11.3 Å². The van der Waals surface area contributed by atoms with Gasteiger partial charge in [0.15, 0.2) is 5.78 Å². The summed E-state index contributed by atoms with van der Waals surface area (Å²) in [6.45, 7) is 2.05. The highest BCUT2D eigenvalue weighted by atomic mass is 16.5. The fraction of sp³-hybridized carbons (Fsp3) is 0.267. The molecule has 5 heteroatoms. The minimum absolute atomic E-state index is 0.0168. The summed E-state index contributed by atoms with van der Waals surface area (Å²) in [5, 5.41) is 0. The van der Waals surface area contributed by atoms with Crippen LogP contribution in [-0.4, -0.2) is 32.1 Å². The van der Waals surface area contributed by atoms with Crippen molar-refractivity contribution in [3.05, 3.63) is 61.9 Å². The Hall–Kier alpha value is -2.27. The van der Waals surface area contributed by atoms with Crippen LogP contribution in [0.3, 0.4) is 0 Å². The van der Waals surface area contributed by atoms with Gasteiger partial charge in [0.25, 0.3) is 5.43 Å². The highest BCUT2D eigenvalue weighted by Crippen LogP contribution is 2.19. The summed E-state index contributed by atoms with van der Waals surface area (Å²) in [4.78, 5) is 37.6. The second kappa shape index (κ2) is 5.02. The maximum absolute atomic E-state index is 12.3. The molecular weight excluding hydrogens is 258 g/mol.